The Hall–Kier alpha value is -4.08. The van der Waals surface area contributed by atoms with E-state index >= 15 is 0 Å². The van der Waals surface area contributed by atoms with E-state index in [4.69, 9.17) is 9.47 Å². The van der Waals surface area contributed by atoms with Crippen LogP contribution in [0.25, 0.3) is 10.8 Å². The van der Waals surface area contributed by atoms with Crippen molar-refractivity contribution in [1.29, 1.82) is 0 Å². The van der Waals surface area contributed by atoms with Crippen molar-refractivity contribution < 1.29 is 36.2 Å². The third-order valence-electron chi connectivity index (χ3n) is 6.84. The summed E-state index contributed by atoms with van der Waals surface area (Å²) in [4.78, 5) is 38.3. The van der Waals surface area contributed by atoms with E-state index in [2.05, 4.69) is 20.2 Å². The van der Waals surface area contributed by atoms with Crippen LogP contribution < -0.4 is 20.1 Å². The Morgan fingerprint density at radius 1 is 1.07 bits per heavy atom. The maximum atomic E-state index is 13.0. The molecule has 220 valence electrons. The molecule has 1 aromatic carbocycles. The quantitative estimate of drug-likeness (QED) is 0.419. The number of hydrogen-bond donors (Lipinski definition) is 1. The highest BCUT2D eigenvalue weighted by atomic mass is 19.4. The fourth-order valence-corrected chi connectivity index (χ4v) is 4.77. The zero-order chi connectivity index (χ0) is 29.1. The Kier molecular flexibility index (Phi) is 8.19. The minimum Gasteiger partial charge on any atom is -0.488 e. The van der Waals surface area contributed by atoms with Crippen molar-refractivity contribution in [2.75, 3.05) is 62.3 Å². The van der Waals surface area contributed by atoms with Gasteiger partial charge in [-0.15, -0.1) is 0 Å². The number of carbonyl (C=O) groups excluding carboxylic acids is 1. The first-order valence-electron chi connectivity index (χ1n) is 12.8. The SMILES string of the molecule is O=C(CC1CN(c2n[nH]c(=O)c3cc(OCC(F)F)ccc23)CCO1)N1CCN(c2ncc(C(F)(F)F)cn2)CC1. The van der Waals surface area contributed by atoms with Crippen LogP contribution in [0.2, 0.25) is 0 Å². The maximum Gasteiger partial charge on any atom is 0.419 e. The van der Waals surface area contributed by atoms with Crippen LogP contribution in [0.5, 0.6) is 5.75 Å². The predicted molar refractivity (Wildman–Crippen MR) is 136 cm³/mol. The van der Waals surface area contributed by atoms with Crippen molar-refractivity contribution in [3.05, 3.63) is 46.5 Å². The second-order valence-electron chi connectivity index (χ2n) is 9.57. The Balaban J connectivity index is 1.19. The molecule has 3 aromatic rings. The highest BCUT2D eigenvalue weighted by molar-refractivity contribution is 5.92. The second kappa shape index (κ2) is 11.8. The fourth-order valence-electron chi connectivity index (χ4n) is 4.77. The molecule has 2 aromatic heterocycles. The van der Waals surface area contributed by atoms with Crippen LogP contribution in [0.3, 0.4) is 0 Å². The number of nitrogens with one attached hydrogen (secondary N) is 1. The van der Waals surface area contributed by atoms with E-state index in [1.165, 1.54) is 12.1 Å². The number of anilines is 2. The summed E-state index contributed by atoms with van der Waals surface area (Å²) in [5, 5.41) is 7.36. The van der Waals surface area contributed by atoms with Gasteiger partial charge in [-0.1, -0.05) is 0 Å². The van der Waals surface area contributed by atoms with Gasteiger partial charge in [0, 0.05) is 57.0 Å². The summed E-state index contributed by atoms with van der Waals surface area (Å²) in [6, 6.07) is 4.47. The minimum absolute atomic E-state index is 0.0974. The summed E-state index contributed by atoms with van der Waals surface area (Å²) >= 11 is 0. The molecule has 1 atom stereocenters. The Bertz CT molecular complexity index is 1430. The lowest BCUT2D eigenvalue weighted by atomic mass is 10.1. The van der Waals surface area contributed by atoms with Crippen LogP contribution in [0.4, 0.5) is 33.7 Å². The first kappa shape index (κ1) is 28.4. The van der Waals surface area contributed by atoms with Gasteiger partial charge in [0.15, 0.2) is 5.82 Å². The van der Waals surface area contributed by atoms with E-state index in [0.29, 0.717) is 57.1 Å². The maximum absolute atomic E-state index is 13.0. The first-order chi connectivity index (χ1) is 19.6. The smallest absolute Gasteiger partial charge is 0.419 e. The number of amides is 1. The molecule has 41 heavy (non-hydrogen) atoms. The zero-order valence-electron chi connectivity index (χ0n) is 21.6. The van der Waals surface area contributed by atoms with Crippen molar-refractivity contribution in [1.82, 2.24) is 25.1 Å². The molecule has 0 radical (unpaired) electrons. The van der Waals surface area contributed by atoms with Crippen molar-refractivity contribution >= 4 is 28.4 Å². The van der Waals surface area contributed by atoms with Crippen molar-refractivity contribution in [2.24, 2.45) is 0 Å². The normalized spacial score (nSPS) is 18.3. The van der Waals surface area contributed by atoms with Crippen LogP contribution >= 0.6 is 0 Å². The zero-order valence-corrected chi connectivity index (χ0v) is 21.6. The summed E-state index contributed by atoms with van der Waals surface area (Å²) in [7, 11) is 0. The number of fused-ring (bicyclic) bond motifs is 1. The molecule has 2 fully saturated rings. The molecule has 0 spiro atoms. The first-order valence-corrected chi connectivity index (χ1v) is 12.8. The number of nitrogens with zero attached hydrogens (tertiary/aromatic N) is 6. The number of hydrogen-bond acceptors (Lipinski definition) is 9. The lowest BCUT2D eigenvalue weighted by Gasteiger charge is -2.37. The Morgan fingerprint density at radius 2 is 1.80 bits per heavy atom. The summed E-state index contributed by atoms with van der Waals surface area (Å²) in [6.45, 7) is 1.73. The van der Waals surface area contributed by atoms with Crippen molar-refractivity contribution in [2.45, 2.75) is 25.1 Å². The largest absolute Gasteiger partial charge is 0.488 e. The van der Waals surface area contributed by atoms with Gasteiger partial charge in [-0.3, -0.25) is 9.59 Å². The van der Waals surface area contributed by atoms with Gasteiger partial charge >= 0.3 is 6.18 Å². The number of H-pyrrole nitrogens is 1. The average molecular weight is 584 g/mol. The third-order valence-corrected chi connectivity index (χ3v) is 6.84. The highest BCUT2D eigenvalue weighted by Gasteiger charge is 2.32. The van der Waals surface area contributed by atoms with Gasteiger partial charge in [0.25, 0.3) is 12.0 Å². The molecule has 2 aliphatic heterocycles. The number of morpholine rings is 1. The van der Waals surface area contributed by atoms with Crippen LogP contribution in [0, 0.1) is 0 Å². The fraction of sp³-hybridized carbons (Fsp3) is 0.480. The van der Waals surface area contributed by atoms with Gasteiger partial charge in [0.1, 0.15) is 12.4 Å². The van der Waals surface area contributed by atoms with Crippen molar-refractivity contribution in [3.8, 4) is 5.75 Å². The molecule has 1 amide bonds. The van der Waals surface area contributed by atoms with Gasteiger partial charge in [-0.05, 0) is 18.2 Å². The summed E-state index contributed by atoms with van der Waals surface area (Å²) < 4.78 is 74.2. The predicted octanol–water partition coefficient (Wildman–Crippen LogP) is 2.32. The van der Waals surface area contributed by atoms with E-state index in [1.54, 1.807) is 15.9 Å². The lowest BCUT2D eigenvalue weighted by Crippen LogP contribution is -2.51. The summed E-state index contributed by atoms with van der Waals surface area (Å²) in [5.74, 6) is 0.636. The van der Waals surface area contributed by atoms with Crippen LogP contribution in [0.1, 0.15) is 12.0 Å². The number of ether oxygens (including phenoxy) is 2. The number of halogens is 5. The Morgan fingerprint density at radius 3 is 2.49 bits per heavy atom. The molecule has 1 unspecified atom stereocenters. The number of piperazine rings is 1. The lowest BCUT2D eigenvalue weighted by molar-refractivity contribution is -0.138. The van der Waals surface area contributed by atoms with Crippen molar-refractivity contribution in [3.63, 3.8) is 0 Å². The molecule has 1 N–H and O–H groups in total. The molecule has 0 bridgehead atoms. The number of aromatic nitrogens is 4. The molecule has 2 aliphatic rings. The van der Waals surface area contributed by atoms with E-state index in [-0.39, 0.29) is 29.4 Å². The van der Waals surface area contributed by atoms with E-state index in [9.17, 15) is 31.5 Å². The van der Waals surface area contributed by atoms with E-state index in [1.807, 2.05) is 4.90 Å². The standard InChI is InChI=1S/C25H26F5N7O4/c26-20(27)14-41-16-1-2-18-19(9-16)23(39)34-33-22(18)37-7-8-40-17(13-37)10-21(38)35-3-5-36(6-4-35)24-31-11-15(12-32-24)25(28,29)30/h1-2,9,11-12,17,20H,3-8,10,13-14H2,(H,34,39). The molecule has 11 nitrogen and oxygen atoms in total. The van der Waals surface area contributed by atoms with Gasteiger partial charge in [-0.25, -0.2) is 23.8 Å². The van der Waals surface area contributed by atoms with E-state index < -0.39 is 36.4 Å². The Labute approximate surface area is 229 Å². The third kappa shape index (κ3) is 6.64. The molecular weight excluding hydrogens is 557 g/mol. The number of benzene rings is 1. The summed E-state index contributed by atoms with van der Waals surface area (Å²) in [5.41, 5.74) is -1.42. The molecule has 16 heteroatoms. The van der Waals surface area contributed by atoms with E-state index in [0.717, 1.165) is 12.4 Å². The number of alkyl halides is 5. The van der Waals surface area contributed by atoms with Gasteiger partial charge in [0.05, 0.1) is 30.1 Å². The second-order valence-corrected chi connectivity index (χ2v) is 9.57. The van der Waals surface area contributed by atoms with Gasteiger partial charge < -0.3 is 24.2 Å². The van der Waals surface area contributed by atoms with Crippen LogP contribution in [-0.4, -0.2) is 96.0 Å². The topological polar surface area (TPSA) is 117 Å². The van der Waals surface area contributed by atoms with Crippen LogP contribution in [0.15, 0.2) is 35.4 Å². The minimum atomic E-state index is -4.52. The number of carbonyl (C=O) groups is 1. The molecular formula is C25H26F5N7O4. The molecule has 0 aliphatic carbocycles. The molecule has 4 heterocycles. The number of rotatable bonds is 7. The molecule has 5 rings (SSSR count). The van der Waals surface area contributed by atoms with Gasteiger partial charge in [-0.2, -0.15) is 18.3 Å². The molecule has 2 saturated heterocycles. The monoisotopic (exact) mass is 583 g/mol. The summed E-state index contributed by atoms with van der Waals surface area (Å²) in [6.07, 6.45) is -6.04. The molecule has 0 saturated carbocycles. The average Bonchev–Trinajstić information content (AvgIpc) is 2.96. The number of aromatic amines is 1. The van der Waals surface area contributed by atoms with Crippen LogP contribution in [-0.2, 0) is 15.7 Å². The highest BCUT2D eigenvalue weighted by Crippen LogP contribution is 2.29. The van der Waals surface area contributed by atoms with Gasteiger partial charge in [0.2, 0.25) is 11.9 Å².